The van der Waals surface area contributed by atoms with Crippen LogP contribution in [0.2, 0.25) is 0 Å². The molecule has 7 rings (SSSR count). The number of hydrogen-bond acceptors (Lipinski definition) is 15. The molecule has 20 nitrogen and oxygen atoms in total. The van der Waals surface area contributed by atoms with E-state index in [9.17, 15) is 69.5 Å². The van der Waals surface area contributed by atoms with Gasteiger partial charge in [-0.2, -0.15) is 0 Å². The summed E-state index contributed by atoms with van der Waals surface area (Å²) in [5, 5.41) is 9.66. The Morgan fingerprint density at radius 1 is 0.674 bits per heavy atom. The molecule has 0 bridgehead atoms. The molecule has 1 N–H and O–H groups in total. The molecular weight excluding hydrogens is 1210 g/mol. The number of imide groups is 3. The standard InChI is InChI=1S/C15H15FN2O3.C13H11FN2O3.C11H8FNO4.C7H5FO.C4H5F.C2H4FN3.3CH4.B2O.BS.2F2/c16-13-5-3-12(4-6-13)11-17-21-10-2-1-9-18-14(19)7-8-15(18)20;14-10-3-1-9(2-4-10)13(19)15-7-8-16-11(17)5-6-12(16)18;12-8-3-1-7(2-4-8)11(16)17-13-9(14)5-6-10(13)15;8-7-3-1-6(5-9)2-4-7;1-2-3-4-5;3-1-2-5-6-4;;;;1-2-3;3*1-2/h3-8,11H,1-2,9-10H2;1-6H,7-8H2,(H,15,19);1-4H,5-6H2;1-5H;1H,3-4H2;1-2H2;3*1H4;;;;/b17-11+;;;;;;;;;;;;/i16-1;14-1;12-1;8-1;5-1;3-1;;;;;;2*1-1. The van der Waals surface area contributed by atoms with Crippen molar-refractivity contribution in [2.45, 2.75) is 54.4 Å². The van der Waals surface area contributed by atoms with Crippen molar-refractivity contribution in [3.05, 3.63) is 177 Å². The van der Waals surface area contributed by atoms with Crippen LogP contribution in [0, 0.1) is 35.6 Å². The zero-order valence-electron chi connectivity index (χ0n) is 44.7. The van der Waals surface area contributed by atoms with Gasteiger partial charge in [0.05, 0.1) is 25.0 Å². The first-order valence-corrected chi connectivity index (χ1v) is 24.2. The predicted molar refractivity (Wildman–Crippen MR) is 314 cm³/mol. The number of rotatable bonds is 17. The van der Waals surface area contributed by atoms with E-state index in [1.165, 1.54) is 108 Å². The third-order valence-corrected chi connectivity index (χ3v) is 9.29. The van der Waals surface area contributed by atoms with Crippen LogP contribution in [-0.2, 0) is 43.1 Å². The monoisotopic (exact) mass is 1270 g/mol. The number of halogens is 10. The molecule has 4 aromatic rings. The maximum atomic E-state index is 12.7. The first-order valence-electron chi connectivity index (χ1n) is 23.7. The molecule has 0 saturated carbocycles. The fraction of sp³-hybridized carbons (Fsp3) is 0.273. The average molecular weight is 1270 g/mol. The summed E-state index contributed by atoms with van der Waals surface area (Å²) in [6, 6.07) is 21.0. The quantitative estimate of drug-likeness (QED) is 0.00881. The fourth-order valence-electron chi connectivity index (χ4n) is 5.48. The Hall–Kier alpha value is -9.76. The van der Waals surface area contributed by atoms with Gasteiger partial charge in [-0.3, -0.25) is 56.9 Å². The Labute approximate surface area is 514 Å². The first-order chi connectivity index (χ1) is 41.4. The van der Waals surface area contributed by atoms with Gasteiger partial charge in [-0.15, -0.1) is 17.4 Å². The van der Waals surface area contributed by atoms with Gasteiger partial charge in [0.1, 0.15) is 42.8 Å². The van der Waals surface area contributed by atoms with E-state index in [0.29, 0.717) is 48.5 Å². The topological polar surface area (TPSA) is 272 Å². The molecule has 7 amide bonds. The second-order valence-corrected chi connectivity index (χ2v) is 15.0. The second-order valence-electron chi connectivity index (χ2n) is 15.0. The van der Waals surface area contributed by atoms with Crippen LogP contribution in [0.5, 0.6) is 0 Å². The molecule has 89 heavy (non-hydrogen) atoms. The fourth-order valence-corrected chi connectivity index (χ4v) is 5.48. The van der Waals surface area contributed by atoms with E-state index >= 15 is 0 Å². The number of oxime groups is 1. The maximum absolute atomic E-state index is 12.7. The first kappa shape index (κ1) is 90.4. The second kappa shape index (κ2) is 58.6. The van der Waals surface area contributed by atoms with Gasteiger partial charge in [-0.25, -0.2) is 22.4 Å². The van der Waals surface area contributed by atoms with Crippen LogP contribution < -0.4 is 5.32 Å². The van der Waals surface area contributed by atoms with Crippen molar-refractivity contribution in [2.75, 3.05) is 46.1 Å². The number of carbonyl (C=O) groups is 9. The van der Waals surface area contributed by atoms with Gasteiger partial charge in [0.2, 0.25) is 0 Å². The van der Waals surface area contributed by atoms with E-state index in [1.807, 2.05) is 0 Å². The van der Waals surface area contributed by atoms with Crippen molar-refractivity contribution in [1.82, 2.24) is 20.2 Å². The van der Waals surface area contributed by atoms with Gasteiger partial charge >= 0.3 is 44.2 Å². The molecule has 34 heteroatoms. The predicted octanol–water partition coefficient (Wildman–Crippen LogP) is 10.3. The van der Waals surface area contributed by atoms with Crippen molar-refractivity contribution in [2.24, 2.45) is 10.3 Å². The van der Waals surface area contributed by atoms with Crippen LogP contribution in [0.25, 0.3) is 10.4 Å². The van der Waals surface area contributed by atoms with Crippen LogP contribution in [-0.4, -0.2) is 142 Å². The summed E-state index contributed by atoms with van der Waals surface area (Å²) in [4.78, 5) is 115. The summed E-state index contributed by atoms with van der Waals surface area (Å²) in [5.74, 6) is -3.05. The minimum absolute atomic E-state index is 0. The van der Waals surface area contributed by atoms with E-state index in [2.05, 4.69) is 64.2 Å². The smallest absolute Gasteiger partial charge is 0.0950 e. The molecule has 3 aliphatic heterocycles. The van der Waals surface area contributed by atoms with Crippen molar-refractivity contribution < 1.29 is 102 Å². The van der Waals surface area contributed by atoms with Crippen molar-refractivity contribution >= 4 is 93.4 Å². The number of terminal acetylenes is 1. The number of nitrogens with zero attached hydrogens (tertiary/aromatic N) is 7. The van der Waals surface area contributed by atoms with Crippen molar-refractivity contribution in [3.8, 4) is 12.3 Å². The number of carbonyl (C=O) groups excluding carboxylic acids is 9. The van der Waals surface area contributed by atoms with Gasteiger partial charge in [0, 0.05) is 97.5 Å². The van der Waals surface area contributed by atoms with Gasteiger partial charge in [0.25, 0.3) is 41.4 Å². The molecule has 0 aromatic heterocycles. The van der Waals surface area contributed by atoms with Crippen LogP contribution in [0.4, 0.5) is 44.6 Å². The minimum Gasteiger partial charge on any atom is -0.251 e. The minimum atomic E-state index is -0.867. The van der Waals surface area contributed by atoms with Gasteiger partial charge < -0.3 is 15.0 Å². The largest absolute Gasteiger partial charge is 0.251 e. The number of benzene rings is 4. The summed E-state index contributed by atoms with van der Waals surface area (Å²) in [5.41, 5.74) is 9.12. The van der Waals surface area contributed by atoms with Crippen molar-refractivity contribution in [3.63, 3.8) is 0 Å². The Balaban J connectivity index is -0.000000236. The SMILES string of the molecule is C.C.C.C#CCC[18F].F[18F].F[18F].O=C(NCCN1C(=O)C=CC1=O)c1ccc([18F])cc1.O=C(ON1C(=O)CCC1=O)c1ccc([18F])cc1.O=C1C=CC(=O)N1CCCCO/N=C/c1ccc([18F])cc1.O=Cc1ccc([18F])cc1.[B]=S.[B]B=O.[N-]=[N+]=NCC[18F]. The zero-order chi connectivity index (χ0) is 65.7. The van der Waals surface area contributed by atoms with E-state index < -0.39 is 42.8 Å². The zero-order valence-corrected chi connectivity index (χ0v) is 45.5. The van der Waals surface area contributed by atoms with Crippen LogP contribution in [0.1, 0.15) is 91.0 Å². The summed E-state index contributed by atoms with van der Waals surface area (Å²) in [6.45, 7) is 4.11. The molecular formula is C55H60B3F10N8O12S. The molecule has 477 valence electrons. The van der Waals surface area contributed by atoms with E-state index in [-0.39, 0.29) is 115 Å². The van der Waals surface area contributed by atoms with Crippen LogP contribution in [0.3, 0.4) is 0 Å². The molecule has 0 aliphatic carbocycles. The Morgan fingerprint density at radius 3 is 1.43 bits per heavy atom. The number of azide groups is 1. The Bertz CT molecular complexity index is 2870. The molecule has 3 heterocycles. The number of aldehydes is 1. The molecule has 0 atom stereocenters. The Kier molecular flexibility index (Phi) is 59.6. The number of unbranched alkanes of at least 4 members (excludes halogenated alkanes) is 1. The van der Waals surface area contributed by atoms with Gasteiger partial charge in [0.15, 0.2) is 0 Å². The molecule has 1 fully saturated rings. The number of amides is 7. The third-order valence-electron chi connectivity index (χ3n) is 9.29. The summed E-state index contributed by atoms with van der Waals surface area (Å²) in [6.07, 6.45) is 13.4. The summed E-state index contributed by atoms with van der Waals surface area (Å²) < 4.78 is 112. The number of hydroxylamine groups is 2. The number of alkyl halides is 2. The van der Waals surface area contributed by atoms with E-state index in [1.54, 1.807) is 12.1 Å². The van der Waals surface area contributed by atoms with Gasteiger partial charge in [-0.1, -0.05) is 44.7 Å². The molecule has 1 saturated heterocycles. The molecule has 3 aliphatic rings. The normalized spacial score (nSPS) is 11.3. The van der Waals surface area contributed by atoms with Crippen molar-refractivity contribution in [1.29, 1.82) is 0 Å². The Morgan fingerprint density at radius 2 is 1.07 bits per heavy atom. The van der Waals surface area contributed by atoms with Gasteiger partial charge in [-0.05, 0) is 109 Å². The molecule has 0 unspecified atom stereocenters. The number of hydrogen-bond donors (Lipinski definition) is 1. The molecule has 0 spiro atoms. The summed E-state index contributed by atoms with van der Waals surface area (Å²) >= 11 is 3.58. The van der Waals surface area contributed by atoms with Crippen LogP contribution in [0.15, 0.2) is 132 Å². The number of nitrogens with one attached hydrogen (secondary N) is 1. The van der Waals surface area contributed by atoms with Crippen LogP contribution >= 0.6 is 12.1 Å². The average Bonchev–Trinajstić information content (AvgIpc) is 4.24. The van der Waals surface area contributed by atoms with E-state index in [4.69, 9.17) is 33.4 Å². The molecule has 3 radical (unpaired) electrons. The maximum Gasteiger partial charge on any atom is 0.0950 e. The third kappa shape index (κ3) is 41.9. The molecule has 4 aromatic carbocycles. The summed E-state index contributed by atoms with van der Waals surface area (Å²) in [7, 11) is 4.42. The van der Waals surface area contributed by atoms with E-state index in [0.717, 1.165) is 22.6 Å².